The molecule has 1 fully saturated rings. The zero-order chi connectivity index (χ0) is 10.8. The average Bonchev–Trinajstić information content (AvgIpc) is 2.11. The first kappa shape index (κ1) is 11.2. The Morgan fingerprint density at radius 2 is 2.29 bits per heavy atom. The largest absolute Gasteiger partial charge is 0.411 e. The second kappa shape index (κ2) is 4.13. The SMILES string of the molecule is C=CC[N@+]1(C)C[C@@H](C)/C(=N/O)C[C@H]1C. The molecule has 0 aromatic heterocycles. The molecule has 3 nitrogen and oxygen atoms in total. The van der Waals surface area contributed by atoms with Crippen LogP contribution >= 0.6 is 0 Å². The highest BCUT2D eigenvalue weighted by Crippen LogP contribution is 2.25. The summed E-state index contributed by atoms with van der Waals surface area (Å²) in [5.74, 6) is 0.376. The minimum absolute atomic E-state index is 0.376. The number of rotatable bonds is 2. The minimum atomic E-state index is 0.376. The molecule has 3 atom stereocenters. The fourth-order valence-electron chi connectivity index (χ4n) is 2.32. The fourth-order valence-corrected chi connectivity index (χ4v) is 2.32. The van der Waals surface area contributed by atoms with Crippen molar-refractivity contribution in [1.29, 1.82) is 0 Å². The molecule has 1 saturated heterocycles. The Labute approximate surface area is 86.3 Å². The van der Waals surface area contributed by atoms with E-state index in [9.17, 15) is 0 Å². The van der Waals surface area contributed by atoms with Crippen molar-refractivity contribution in [3.63, 3.8) is 0 Å². The third-order valence-electron chi connectivity index (χ3n) is 3.50. The Morgan fingerprint density at radius 3 is 2.79 bits per heavy atom. The van der Waals surface area contributed by atoms with Gasteiger partial charge in [-0.25, -0.2) is 0 Å². The molecular formula is C11H21N2O+. The molecule has 0 radical (unpaired) electrons. The number of piperidine rings is 1. The van der Waals surface area contributed by atoms with Gasteiger partial charge in [0.25, 0.3) is 0 Å². The van der Waals surface area contributed by atoms with E-state index in [4.69, 9.17) is 5.21 Å². The topological polar surface area (TPSA) is 32.6 Å². The van der Waals surface area contributed by atoms with Crippen molar-refractivity contribution in [2.45, 2.75) is 26.3 Å². The number of oxime groups is 1. The van der Waals surface area contributed by atoms with Crippen LogP contribution in [-0.2, 0) is 0 Å². The maximum absolute atomic E-state index is 8.84. The Hall–Kier alpha value is -0.830. The Morgan fingerprint density at radius 1 is 1.64 bits per heavy atom. The molecule has 1 heterocycles. The molecule has 0 spiro atoms. The molecule has 1 N–H and O–H groups in total. The Balaban J connectivity index is 2.80. The summed E-state index contributed by atoms with van der Waals surface area (Å²) in [4.78, 5) is 0. The smallest absolute Gasteiger partial charge is 0.0971 e. The van der Waals surface area contributed by atoms with Crippen LogP contribution in [0, 0.1) is 5.92 Å². The molecule has 0 aliphatic carbocycles. The van der Waals surface area contributed by atoms with Crippen LogP contribution in [0.2, 0.25) is 0 Å². The first-order valence-corrected chi connectivity index (χ1v) is 5.19. The molecule has 0 bridgehead atoms. The molecule has 0 saturated carbocycles. The third kappa shape index (κ3) is 1.98. The lowest BCUT2D eigenvalue weighted by atomic mass is 9.90. The maximum Gasteiger partial charge on any atom is 0.0971 e. The van der Waals surface area contributed by atoms with Crippen molar-refractivity contribution >= 4 is 5.71 Å². The van der Waals surface area contributed by atoms with Crippen molar-refractivity contribution in [3.8, 4) is 0 Å². The predicted octanol–water partition coefficient (Wildman–Crippen LogP) is 1.88. The van der Waals surface area contributed by atoms with E-state index < -0.39 is 0 Å². The number of likely N-dealkylation sites (tertiary alicyclic amines) is 1. The summed E-state index contributed by atoms with van der Waals surface area (Å²) in [6.45, 7) is 10.2. The lowest BCUT2D eigenvalue weighted by Gasteiger charge is -2.45. The maximum atomic E-state index is 8.84. The van der Waals surface area contributed by atoms with Gasteiger partial charge >= 0.3 is 0 Å². The molecular weight excluding hydrogens is 176 g/mol. The van der Waals surface area contributed by atoms with E-state index in [1.54, 1.807) is 0 Å². The van der Waals surface area contributed by atoms with Crippen LogP contribution in [0.25, 0.3) is 0 Å². The summed E-state index contributed by atoms with van der Waals surface area (Å²) < 4.78 is 1.00. The van der Waals surface area contributed by atoms with Gasteiger partial charge in [-0.05, 0) is 13.0 Å². The van der Waals surface area contributed by atoms with Crippen LogP contribution in [0.1, 0.15) is 20.3 Å². The second-order valence-corrected chi connectivity index (χ2v) is 4.68. The van der Waals surface area contributed by atoms with Gasteiger partial charge in [-0.3, -0.25) is 0 Å². The summed E-state index contributed by atoms with van der Waals surface area (Å²) in [5, 5.41) is 12.2. The van der Waals surface area contributed by atoms with Gasteiger partial charge in [-0.2, -0.15) is 0 Å². The van der Waals surface area contributed by atoms with Crippen LogP contribution < -0.4 is 0 Å². The molecule has 0 aromatic carbocycles. The van der Waals surface area contributed by atoms with Crippen molar-refractivity contribution in [2.24, 2.45) is 11.1 Å². The summed E-state index contributed by atoms with van der Waals surface area (Å²) in [6.07, 6.45) is 2.87. The van der Waals surface area contributed by atoms with Crippen molar-refractivity contribution in [2.75, 3.05) is 20.1 Å². The summed E-state index contributed by atoms with van der Waals surface area (Å²) in [7, 11) is 2.25. The van der Waals surface area contributed by atoms with Crippen molar-refractivity contribution in [1.82, 2.24) is 0 Å². The van der Waals surface area contributed by atoms with Gasteiger partial charge in [0, 0.05) is 12.3 Å². The number of quaternary nitrogens is 1. The molecule has 80 valence electrons. The van der Waals surface area contributed by atoms with E-state index in [1.807, 2.05) is 6.08 Å². The van der Waals surface area contributed by atoms with E-state index in [-0.39, 0.29) is 0 Å². The standard InChI is InChI=1S/C11H20N2O/c1-5-6-13(4)8-9(2)11(12-14)7-10(13)3/h5,9-10H,1,6-8H2,2-4H3/p+1/b12-11+/t9-,10-,13-/m1/s1. The number of nitrogens with zero attached hydrogens (tertiary/aromatic N) is 2. The van der Waals surface area contributed by atoms with Crippen LogP contribution in [-0.4, -0.2) is 41.6 Å². The number of likely N-dealkylation sites (N-methyl/N-ethyl adjacent to an activating group) is 1. The molecule has 1 aliphatic heterocycles. The van der Waals surface area contributed by atoms with Crippen molar-refractivity contribution < 1.29 is 9.69 Å². The summed E-state index contributed by atoms with van der Waals surface area (Å²) in [5.41, 5.74) is 0.942. The molecule has 0 amide bonds. The number of hydrogen-bond acceptors (Lipinski definition) is 2. The number of hydrogen-bond donors (Lipinski definition) is 1. The zero-order valence-electron chi connectivity index (χ0n) is 9.40. The second-order valence-electron chi connectivity index (χ2n) is 4.68. The first-order valence-electron chi connectivity index (χ1n) is 5.19. The van der Waals surface area contributed by atoms with Gasteiger partial charge in [0.2, 0.25) is 0 Å². The zero-order valence-corrected chi connectivity index (χ0v) is 9.40. The van der Waals surface area contributed by atoms with Crippen LogP contribution in [0.3, 0.4) is 0 Å². The lowest BCUT2D eigenvalue weighted by molar-refractivity contribution is -0.930. The quantitative estimate of drug-likeness (QED) is 0.312. The highest BCUT2D eigenvalue weighted by Gasteiger charge is 2.38. The Kier molecular flexibility index (Phi) is 3.32. The van der Waals surface area contributed by atoms with Gasteiger partial charge in [0.15, 0.2) is 0 Å². The molecule has 1 aliphatic rings. The van der Waals surface area contributed by atoms with E-state index in [0.717, 1.165) is 29.7 Å². The summed E-state index contributed by atoms with van der Waals surface area (Å²) in [6, 6.07) is 0.509. The van der Waals surface area contributed by atoms with Crippen LogP contribution in [0.4, 0.5) is 0 Å². The predicted molar refractivity (Wildman–Crippen MR) is 58.6 cm³/mol. The average molecular weight is 197 g/mol. The van der Waals surface area contributed by atoms with E-state index >= 15 is 0 Å². The third-order valence-corrected chi connectivity index (χ3v) is 3.50. The van der Waals surface area contributed by atoms with Gasteiger partial charge in [0.05, 0.1) is 31.9 Å². The van der Waals surface area contributed by atoms with Crippen molar-refractivity contribution in [3.05, 3.63) is 12.7 Å². The van der Waals surface area contributed by atoms with E-state index in [0.29, 0.717) is 12.0 Å². The van der Waals surface area contributed by atoms with Crippen LogP contribution in [0.5, 0.6) is 0 Å². The first-order chi connectivity index (χ1) is 6.53. The van der Waals surface area contributed by atoms with Gasteiger partial charge in [-0.15, -0.1) is 0 Å². The fraction of sp³-hybridized carbons (Fsp3) is 0.727. The summed E-state index contributed by atoms with van der Waals surface area (Å²) >= 11 is 0. The monoisotopic (exact) mass is 197 g/mol. The Bertz CT molecular complexity index is 250. The van der Waals surface area contributed by atoms with Gasteiger partial charge in [0.1, 0.15) is 0 Å². The normalized spacial score (nSPS) is 41.2. The van der Waals surface area contributed by atoms with Crippen LogP contribution in [0.15, 0.2) is 17.8 Å². The van der Waals surface area contributed by atoms with E-state index in [1.165, 1.54) is 0 Å². The molecule has 3 heteroatoms. The lowest BCUT2D eigenvalue weighted by Crippen LogP contribution is -2.58. The minimum Gasteiger partial charge on any atom is -0.411 e. The van der Waals surface area contributed by atoms with E-state index in [2.05, 4.69) is 32.6 Å². The highest BCUT2D eigenvalue weighted by atomic mass is 16.4. The molecule has 0 unspecified atom stereocenters. The highest BCUT2D eigenvalue weighted by molar-refractivity contribution is 5.86. The molecule has 1 rings (SSSR count). The van der Waals surface area contributed by atoms with Gasteiger partial charge < -0.3 is 9.69 Å². The molecule has 14 heavy (non-hydrogen) atoms. The molecule has 0 aromatic rings. The van der Waals surface area contributed by atoms with Gasteiger partial charge in [-0.1, -0.05) is 18.7 Å².